The summed E-state index contributed by atoms with van der Waals surface area (Å²) in [6.45, 7) is 6.93. The molecule has 0 radical (unpaired) electrons. The van der Waals surface area contributed by atoms with Gasteiger partial charge < -0.3 is 15.2 Å². The number of nitrogens with zero attached hydrogens (tertiary/aromatic N) is 2. The van der Waals surface area contributed by atoms with Crippen LogP contribution in [0.2, 0.25) is 0 Å². The molecule has 2 saturated heterocycles. The molecule has 1 aromatic heterocycles. The van der Waals surface area contributed by atoms with Crippen molar-refractivity contribution in [2.75, 3.05) is 19.6 Å². The zero-order valence-corrected chi connectivity index (χ0v) is 15.0. The van der Waals surface area contributed by atoms with E-state index in [-0.39, 0.29) is 17.9 Å². The second kappa shape index (κ2) is 6.64. The fraction of sp³-hybridized carbons (Fsp3) is 0.500. The van der Waals surface area contributed by atoms with Crippen molar-refractivity contribution >= 4 is 5.91 Å². The van der Waals surface area contributed by atoms with Gasteiger partial charge in [0.05, 0.1) is 17.9 Å². The van der Waals surface area contributed by atoms with E-state index in [2.05, 4.69) is 53.4 Å². The van der Waals surface area contributed by atoms with Crippen molar-refractivity contribution in [3.8, 4) is 11.3 Å². The van der Waals surface area contributed by atoms with Gasteiger partial charge in [0.1, 0.15) is 5.82 Å². The molecule has 0 aliphatic carbocycles. The van der Waals surface area contributed by atoms with Crippen molar-refractivity contribution in [2.45, 2.75) is 32.7 Å². The summed E-state index contributed by atoms with van der Waals surface area (Å²) in [5.74, 6) is 1.77. The van der Waals surface area contributed by atoms with Crippen LogP contribution in [0.3, 0.4) is 0 Å². The van der Waals surface area contributed by atoms with E-state index in [1.807, 2.05) is 11.1 Å². The number of likely N-dealkylation sites (tertiary alicyclic amines) is 1. The number of imidazole rings is 1. The lowest BCUT2D eigenvalue weighted by molar-refractivity contribution is -0.138. The molecule has 0 bridgehead atoms. The summed E-state index contributed by atoms with van der Waals surface area (Å²) in [6, 6.07) is 8.48. The van der Waals surface area contributed by atoms with Gasteiger partial charge >= 0.3 is 0 Å². The number of H-pyrrole nitrogens is 1. The zero-order valence-electron chi connectivity index (χ0n) is 15.0. The second-order valence-electron chi connectivity index (χ2n) is 7.45. The van der Waals surface area contributed by atoms with E-state index in [1.54, 1.807) is 0 Å². The van der Waals surface area contributed by atoms with E-state index in [4.69, 9.17) is 0 Å². The molecule has 2 atom stereocenters. The number of benzene rings is 1. The van der Waals surface area contributed by atoms with Gasteiger partial charge in [0.15, 0.2) is 0 Å². The molecule has 2 aliphatic rings. The third kappa shape index (κ3) is 3.09. The Bertz CT molecular complexity index is 765. The molecule has 2 aliphatic heterocycles. The second-order valence-corrected chi connectivity index (χ2v) is 7.45. The number of hydrogen-bond acceptors (Lipinski definition) is 3. The largest absolute Gasteiger partial charge is 0.340 e. The lowest BCUT2D eigenvalue weighted by Crippen LogP contribution is -2.50. The SMILES string of the molecule is Cc1cccc(-c2cnc(C3CCCN3C(=O)C(C)C3CNC3)[nH]2)c1. The first kappa shape index (κ1) is 16.3. The van der Waals surface area contributed by atoms with Crippen LogP contribution in [0.15, 0.2) is 30.5 Å². The molecule has 2 unspecified atom stereocenters. The van der Waals surface area contributed by atoms with Gasteiger partial charge in [-0.25, -0.2) is 4.98 Å². The molecular formula is C20H26N4O. The van der Waals surface area contributed by atoms with Crippen LogP contribution in [0.4, 0.5) is 0 Å². The first-order valence-corrected chi connectivity index (χ1v) is 9.26. The van der Waals surface area contributed by atoms with Crippen LogP contribution >= 0.6 is 0 Å². The standard InChI is InChI=1S/C20H26N4O/c1-13-5-3-6-15(9-13)17-12-22-19(23-17)18-7-4-8-24(18)20(25)14(2)16-10-21-11-16/h3,5-6,9,12,14,16,18,21H,4,7-8,10-11H2,1-2H3,(H,22,23). The van der Waals surface area contributed by atoms with E-state index in [0.29, 0.717) is 5.92 Å². The Labute approximate surface area is 148 Å². The lowest BCUT2D eigenvalue weighted by Gasteiger charge is -2.35. The van der Waals surface area contributed by atoms with E-state index in [1.165, 1.54) is 5.56 Å². The summed E-state index contributed by atoms with van der Waals surface area (Å²) in [6.07, 6.45) is 3.93. The summed E-state index contributed by atoms with van der Waals surface area (Å²) in [5.41, 5.74) is 3.40. The fourth-order valence-electron chi connectivity index (χ4n) is 3.91. The van der Waals surface area contributed by atoms with Crippen LogP contribution in [0.25, 0.3) is 11.3 Å². The Kier molecular flexibility index (Phi) is 4.34. The van der Waals surface area contributed by atoms with Crippen LogP contribution < -0.4 is 5.32 Å². The third-order valence-electron chi connectivity index (χ3n) is 5.69. The highest BCUT2D eigenvalue weighted by atomic mass is 16.2. The summed E-state index contributed by atoms with van der Waals surface area (Å²) < 4.78 is 0. The number of aryl methyl sites for hydroxylation is 1. The van der Waals surface area contributed by atoms with Crippen LogP contribution in [-0.4, -0.2) is 40.4 Å². The van der Waals surface area contributed by atoms with Crippen molar-refractivity contribution in [2.24, 2.45) is 11.8 Å². The molecular weight excluding hydrogens is 312 g/mol. The highest BCUT2D eigenvalue weighted by Crippen LogP contribution is 2.34. The Balaban J connectivity index is 1.53. The van der Waals surface area contributed by atoms with E-state index in [9.17, 15) is 4.79 Å². The minimum atomic E-state index is 0.0848. The third-order valence-corrected chi connectivity index (χ3v) is 5.69. The monoisotopic (exact) mass is 338 g/mol. The fourth-order valence-corrected chi connectivity index (χ4v) is 3.91. The molecule has 0 spiro atoms. The number of rotatable bonds is 4. The molecule has 5 heteroatoms. The predicted molar refractivity (Wildman–Crippen MR) is 98.0 cm³/mol. The van der Waals surface area contributed by atoms with Crippen molar-refractivity contribution in [3.05, 3.63) is 41.9 Å². The number of aromatic amines is 1. The minimum absolute atomic E-state index is 0.0848. The molecule has 2 N–H and O–H groups in total. The van der Waals surface area contributed by atoms with E-state index >= 15 is 0 Å². The summed E-state index contributed by atoms with van der Waals surface area (Å²) >= 11 is 0. The van der Waals surface area contributed by atoms with Crippen LogP contribution in [0.1, 0.15) is 37.2 Å². The number of amides is 1. The van der Waals surface area contributed by atoms with Crippen LogP contribution in [-0.2, 0) is 4.79 Å². The minimum Gasteiger partial charge on any atom is -0.340 e. The van der Waals surface area contributed by atoms with Gasteiger partial charge in [-0.15, -0.1) is 0 Å². The smallest absolute Gasteiger partial charge is 0.226 e. The van der Waals surface area contributed by atoms with Gasteiger partial charge in [-0.2, -0.15) is 0 Å². The van der Waals surface area contributed by atoms with Crippen molar-refractivity contribution in [1.29, 1.82) is 0 Å². The normalized spacial score (nSPS) is 22.0. The molecule has 1 amide bonds. The number of hydrogen-bond donors (Lipinski definition) is 2. The quantitative estimate of drug-likeness (QED) is 0.901. The molecule has 25 heavy (non-hydrogen) atoms. The molecule has 3 heterocycles. The number of carbonyl (C=O) groups is 1. The van der Waals surface area contributed by atoms with E-state index in [0.717, 1.165) is 49.6 Å². The Morgan fingerprint density at radius 1 is 1.36 bits per heavy atom. The van der Waals surface area contributed by atoms with Crippen LogP contribution in [0.5, 0.6) is 0 Å². The average Bonchev–Trinajstić information content (AvgIpc) is 3.21. The van der Waals surface area contributed by atoms with Gasteiger partial charge in [0.2, 0.25) is 5.91 Å². The maximum Gasteiger partial charge on any atom is 0.226 e. The number of carbonyl (C=O) groups excluding carboxylic acids is 1. The maximum atomic E-state index is 12.9. The first-order valence-electron chi connectivity index (χ1n) is 9.26. The molecule has 2 aromatic rings. The van der Waals surface area contributed by atoms with Crippen molar-refractivity contribution in [3.63, 3.8) is 0 Å². The predicted octanol–water partition coefficient (Wildman–Crippen LogP) is 2.90. The average molecular weight is 338 g/mol. The van der Waals surface area contributed by atoms with Gasteiger partial charge in [0, 0.05) is 12.5 Å². The topological polar surface area (TPSA) is 61.0 Å². The Hall–Kier alpha value is -2.14. The zero-order chi connectivity index (χ0) is 17.4. The van der Waals surface area contributed by atoms with Crippen LogP contribution in [0, 0.1) is 18.8 Å². The lowest BCUT2D eigenvalue weighted by atomic mass is 9.88. The maximum absolute atomic E-state index is 12.9. The van der Waals surface area contributed by atoms with Gasteiger partial charge in [-0.3, -0.25) is 4.79 Å². The summed E-state index contributed by atoms with van der Waals surface area (Å²) in [5, 5.41) is 3.27. The highest BCUT2D eigenvalue weighted by Gasteiger charge is 2.37. The van der Waals surface area contributed by atoms with Gasteiger partial charge in [-0.05, 0) is 50.4 Å². The summed E-state index contributed by atoms with van der Waals surface area (Å²) in [7, 11) is 0. The molecule has 1 aromatic carbocycles. The van der Waals surface area contributed by atoms with Crippen molar-refractivity contribution in [1.82, 2.24) is 20.2 Å². The highest BCUT2D eigenvalue weighted by molar-refractivity contribution is 5.79. The molecule has 0 saturated carbocycles. The van der Waals surface area contributed by atoms with Gasteiger partial charge in [0.25, 0.3) is 0 Å². The van der Waals surface area contributed by atoms with E-state index < -0.39 is 0 Å². The first-order chi connectivity index (χ1) is 12.1. The van der Waals surface area contributed by atoms with Gasteiger partial charge in [-0.1, -0.05) is 30.7 Å². The molecule has 132 valence electrons. The number of nitrogens with one attached hydrogen (secondary N) is 2. The number of aromatic nitrogens is 2. The molecule has 4 rings (SSSR count). The molecule has 5 nitrogen and oxygen atoms in total. The summed E-state index contributed by atoms with van der Waals surface area (Å²) in [4.78, 5) is 23.1. The van der Waals surface area contributed by atoms with Crippen molar-refractivity contribution < 1.29 is 4.79 Å². The molecule has 2 fully saturated rings. The Morgan fingerprint density at radius 3 is 2.92 bits per heavy atom. The Morgan fingerprint density at radius 2 is 2.20 bits per heavy atom.